The lowest BCUT2D eigenvalue weighted by atomic mass is 10.2. The van der Waals surface area contributed by atoms with Gasteiger partial charge < -0.3 is 9.80 Å². The first-order valence-electron chi connectivity index (χ1n) is 5.70. The van der Waals surface area contributed by atoms with Crippen molar-refractivity contribution in [2.45, 2.75) is 18.9 Å². The molecular weight excluding hydrogens is 222 g/mol. The maximum Gasteiger partial charge on any atom is 0.131 e. The van der Waals surface area contributed by atoms with Crippen LogP contribution < -0.4 is 4.90 Å². The highest BCUT2D eigenvalue weighted by molar-refractivity contribution is 6.29. The molecule has 1 unspecified atom stereocenters. The van der Waals surface area contributed by atoms with Crippen molar-refractivity contribution in [2.24, 2.45) is 0 Å². The Morgan fingerprint density at radius 2 is 2.44 bits per heavy atom. The molecule has 2 heterocycles. The van der Waals surface area contributed by atoms with Gasteiger partial charge in [0.05, 0.1) is 0 Å². The molecule has 0 saturated carbocycles. The molecule has 16 heavy (non-hydrogen) atoms. The minimum Gasteiger partial charge on any atom is -0.373 e. The van der Waals surface area contributed by atoms with Crippen molar-refractivity contribution in [3.05, 3.63) is 23.5 Å². The zero-order chi connectivity index (χ0) is 11.5. The number of aromatic nitrogens is 1. The van der Waals surface area contributed by atoms with Crippen LogP contribution in [0, 0.1) is 0 Å². The summed E-state index contributed by atoms with van der Waals surface area (Å²) in [5, 5.41) is 0.559. The zero-order valence-electron chi connectivity index (χ0n) is 9.86. The number of hydrogen-bond acceptors (Lipinski definition) is 3. The monoisotopic (exact) mass is 239 g/mol. The molecule has 0 aliphatic carbocycles. The van der Waals surface area contributed by atoms with Crippen LogP contribution in [-0.2, 0) is 0 Å². The van der Waals surface area contributed by atoms with Gasteiger partial charge in [-0.25, -0.2) is 4.98 Å². The van der Waals surface area contributed by atoms with E-state index >= 15 is 0 Å². The van der Waals surface area contributed by atoms with Gasteiger partial charge in [0.1, 0.15) is 5.15 Å². The Kier molecular flexibility index (Phi) is 3.66. The van der Waals surface area contributed by atoms with E-state index in [0.29, 0.717) is 11.2 Å². The maximum absolute atomic E-state index is 5.89. The molecule has 0 amide bonds. The van der Waals surface area contributed by atoms with Gasteiger partial charge in [-0.05, 0) is 38.6 Å². The van der Waals surface area contributed by atoms with E-state index < -0.39 is 0 Å². The first-order valence-corrected chi connectivity index (χ1v) is 6.07. The van der Waals surface area contributed by atoms with E-state index in [1.54, 1.807) is 6.20 Å². The van der Waals surface area contributed by atoms with Gasteiger partial charge >= 0.3 is 0 Å². The largest absolute Gasteiger partial charge is 0.373 e. The highest BCUT2D eigenvalue weighted by Crippen LogP contribution is 2.20. The lowest BCUT2D eigenvalue weighted by Gasteiger charge is -2.27. The molecule has 1 aliphatic heterocycles. The molecule has 1 fully saturated rings. The Morgan fingerprint density at radius 3 is 3.06 bits per heavy atom. The van der Waals surface area contributed by atoms with Crippen molar-refractivity contribution >= 4 is 17.3 Å². The minimum absolute atomic E-state index is 0.559. The van der Waals surface area contributed by atoms with Gasteiger partial charge in [-0.1, -0.05) is 11.6 Å². The fourth-order valence-electron chi connectivity index (χ4n) is 2.26. The molecule has 2 rings (SSSR count). The van der Waals surface area contributed by atoms with Gasteiger partial charge in [0.25, 0.3) is 0 Å². The second kappa shape index (κ2) is 5.02. The van der Waals surface area contributed by atoms with Crippen LogP contribution in [0.15, 0.2) is 18.3 Å². The van der Waals surface area contributed by atoms with Crippen molar-refractivity contribution in [3.8, 4) is 0 Å². The lowest BCUT2D eigenvalue weighted by Crippen LogP contribution is -2.36. The number of anilines is 1. The average Bonchev–Trinajstić information content (AvgIpc) is 2.64. The standard InChI is InChI=1S/C12H18ClN3/c1-15-7-3-4-11(15)9-16(2)10-5-6-14-12(13)8-10/h5-6,8,11H,3-4,7,9H2,1-2H3. The maximum atomic E-state index is 5.89. The second-order valence-corrected chi connectivity index (χ2v) is 4.88. The Bertz CT molecular complexity index is 356. The smallest absolute Gasteiger partial charge is 0.131 e. The van der Waals surface area contributed by atoms with Crippen LogP contribution in [0.3, 0.4) is 0 Å². The van der Waals surface area contributed by atoms with Crippen molar-refractivity contribution in [3.63, 3.8) is 0 Å². The van der Waals surface area contributed by atoms with E-state index in [1.807, 2.05) is 12.1 Å². The molecule has 1 atom stereocenters. The summed E-state index contributed by atoms with van der Waals surface area (Å²) < 4.78 is 0. The summed E-state index contributed by atoms with van der Waals surface area (Å²) in [6.45, 7) is 2.27. The van der Waals surface area contributed by atoms with Crippen molar-refractivity contribution in [1.82, 2.24) is 9.88 Å². The lowest BCUT2D eigenvalue weighted by molar-refractivity contribution is 0.314. The second-order valence-electron chi connectivity index (χ2n) is 4.49. The van der Waals surface area contributed by atoms with Crippen LogP contribution in [0.4, 0.5) is 5.69 Å². The number of likely N-dealkylation sites (N-methyl/N-ethyl adjacent to an activating group) is 2. The Labute approximate surface area is 102 Å². The molecule has 3 nitrogen and oxygen atoms in total. The summed E-state index contributed by atoms with van der Waals surface area (Å²) >= 11 is 5.89. The van der Waals surface area contributed by atoms with Crippen molar-refractivity contribution in [2.75, 3.05) is 32.1 Å². The highest BCUT2D eigenvalue weighted by Gasteiger charge is 2.22. The van der Waals surface area contributed by atoms with Gasteiger partial charge in [-0.15, -0.1) is 0 Å². The zero-order valence-corrected chi connectivity index (χ0v) is 10.6. The van der Waals surface area contributed by atoms with Crippen LogP contribution >= 0.6 is 11.6 Å². The third kappa shape index (κ3) is 2.66. The number of likely N-dealkylation sites (tertiary alicyclic amines) is 1. The van der Waals surface area contributed by atoms with E-state index in [1.165, 1.54) is 19.4 Å². The fraction of sp³-hybridized carbons (Fsp3) is 0.583. The number of hydrogen-bond donors (Lipinski definition) is 0. The van der Waals surface area contributed by atoms with Crippen LogP contribution in [-0.4, -0.2) is 43.1 Å². The molecule has 0 bridgehead atoms. The summed E-state index contributed by atoms with van der Waals surface area (Å²) in [7, 11) is 4.31. The van der Waals surface area contributed by atoms with E-state index in [9.17, 15) is 0 Å². The molecule has 0 N–H and O–H groups in total. The average molecular weight is 240 g/mol. The topological polar surface area (TPSA) is 19.4 Å². The summed E-state index contributed by atoms with van der Waals surface area (Å²) in [6.07, 6.45) is 4.36. The SMILES string of the molecule is CN(CC1CCCN1C)c1ccnc(Cl)c1. The first-order chi connectivity index (χ1) is 7.66. The molecule has 1 aromatic rings. The van der Waals surface area contributed by atoms with Gasteiger partial charge in [0.15, 0.2) is 0 Å². The van der Waals surface area contributed by atoms with E-state index in [2.05, 4.69) is 28.9 Å². The molecule has 4 heteroatoms. The highest BCUT2D eigenvalue weighted by atomic mass is 35.5. The third-order valence-corrected chi connectivity index (χ3v) is 3.51. The molecule has 0 radical (unpaired) electrons. The molecule has 0 spiro atoms. The molecule has 1 aliphatic rings. The summed E-state index contributed by atoms with van der Waals surface area (Å²) in [6, 6.07) is 4.58. The molecule has 1 aromatic heterocycles. The van der Waals surface area contributed by atoms with Crippen molar-refractivity contribution < 1.29 is 0 Å². The van der Waals surface area contributed by atoms with E-state index in [0.717, 1.165) is 12.2 Å². The first kappa shape index (κ1) is 11.7. The summed E-state index contributed by atoms with van der Waals surface area (Å²) in [4.78, 5) is 8.68. The van der Waals surface area contributed by atoms with Crippen LogP contribution in [0.2, 0.25) is 5.15 Å². The van der Waals surface area contributed by atoms with Crippen molar-refractivity contribution in [1.29, 1.82) is 0 Å². The predicted octanol–water partition coefficient (Wildman–Crippen LogP) is 2.27. The number of rotatable bonds is 3. The van der Waals surface area contributed by atoms with Crippen LogP contribution in [0.25, 0.3) is 0 Å². The van der Waals surface area contributed by atoms with Gasteiger partial charge in [0, 0.05) is 31.5 Å². The van der Waals surface area contributed by atoms with E-state index in [4.69, 9.17) is 11.6 Å². The predicted molar refractivity (Wildman–Crippen MR) is 68.2 cm³/mol. The molecule has 1 saturated heterocycles. The summed E-state index contributed by atoms with van der Waals surface area (Å²) in [5.74, 6) is 0. The fourth-order valence-corrected chi connectivity index (χ4v) is 2.43. The Balaban J connectivity index is 1.99. The third-order valence-electron chi connectivity index (χ3n) is 3.31. The van der Waals surface area contributed by atoms with Crippen LogP contribution in [0.1, 0.15) is 12.8 Å². The quantitative estimate of drug-likeness (QED) is 0.755. The minimum atomic E-state index is 0.559. The summed E-state index contributed by atoms with van der Waals surface area (Å²) in [5.41, 5.74) is 1.14. The van der Waals surface area contributed by atoms with Gasteiger partial charge in [-0.3, -0.25) is 0 Å². The number of pyridine rings is 1. The molecule has 88 valence electrons. The molecular formula is C12H18ClN3. The number of nitrogens with zero attached hydrogens (tertiary/aromatic N) is 3. The number of halogens is 1. The molecule has 0 aromatic carbocycles. The Hall–Kier alpha value is -0.800. The Morgan fingerprint density at radius 1 is 1.62 bits per heavy atom. The van der Waals surface area contributed by atoms with Gasteiger partial charge in [-0.2, -0.15) is 0 Å². The van der Waals surface area contributed by atoms with E-state index in [-0.39, 0.29) is 0 Å². The normalized spacial score (nSPS) is 21.3. The van der Waals surface area contributed by atoms with Gasteiger partial charge in [0.2, 0.25) is 0 Å². The van der Waals surface area contributed by atoms with Crippen LogP contribution in [0.5, 0.6) is 0 Å².